The fraction of sp³-hybridized carbons (Fsp3) is 0.111. The standard InChI is InChI=1S/C18H16N4O5/c1-26-16-8-3-2-7-14(16)15-10-17(21-20-15)19-18(23)11-27-13-6-4-5-12(9-13)22(24)25/h2-10H,11H2,1H3,(H2,19,20,21,23). The molecule has 0 fully saturated rings. The Morgan fingerprint density at radius 1 is 1.22 bits per heavy atom. The van der Waals surface area contributed by atoms with Crippen LogP contribution in [0, 0.1) is 10.1 Å². The molecule has 27 heavy (non-hydrogen) atoms. The Labute approximate surface area is 154 Å². The minimum absolute atomic E-state index is 0.110. The molecule has 0 aliphatic heterocycles. The average molecular weight is 368 g/mol. The number of ether oxygens (including phenoxy) is 2. The van der Waals surface area contributed by atoms with Crippen molar-refractivity contribution in [3.63, 3.8) is 0 Å². The third kappa shape index (κ3) is 4.40. The number of aromatic amines is 1. The summed E-state index contributed by atoms with van der Waals surface area (Å²) in [7, 11) is 1.57. The number of H-pyrrole nitrogens is 1. The van der Waals surface area contributed by atoms with E-state index in [1.54, 1.807) is 13.2 Å². The fourth-order valence-electron chi connectivity index (χ4n) is 2.41. The molecule has 9 heteroatoms. The zero-order valence-corrected chi connectivity index (χ0v) is 14.3. The van der Waals surface area contributed by atoms with Crippen molar-refractivity contribution in [2.24, 2.45) is 0 Å². The molecule has 0 aliphatic rings. The van der Waals surface area contributed by atoms with Crippen LogP contribution in [0.5, 0.6) is 11.5 Å². The second-order valence-corrected chi connectivity index (χ2v) is 5.46. The molecule has 1 amide bonds. The topological polar surface area (TPSA) is 119 Å². The lowest BCUT2D eigenvalue weighted by molar-refractivity contribution is -0.384. The zero-order chi connectivity index (χ0) is 19.2. The van der Waals surface area contributed by atoms with Crippen molar-refractivity contribution in [3.05, 3.63) is 64.7 Å². The van der Waals surface area contributed by atoms with Crippen molar-refractivity contribution >= 4 is 17.4 Å². The summed E-state index contributed by atoms with van der Waals surface area (Å²) in [4.78, 5) is 22.2. The first-order valence-electron chi connectivity index (χ1n) is 7.92. The van der Waals surface area contributed by atoms with E-state index in [9.17, 15) is 14.9 Å². The Kier molecular flexibility index (Phi) is 5.31. The van der Waals surface area contributed by atoms with E-state index < -0.39 is 10.8 Å². The summed E-state index contributed by atoms with van der Waals surface area (Å²) in [6.07, 6.45) is 0. The summed E-state index contributed by atoms with van der Waals surface area (Å²) in [6.45, 7) is -0.308. The number of nitrogens with zero attached hydrogens (tertiary/aromatic N) is 2. The maximum atomic E-state index is 12.0. The van der Waals surface area contributed by atoms with Gasteiger partial charge in [0.05, 0.1) is 23.8 Å². The van der Waals surface area contributed by atoms with Gasteiger partial charge in [0.15, 0.2) is 12.4 Å². The van der Waals surface area contributed by atoms with E-state index in [0.717, 1.165) is 5.56 Å². The van der Waals surface area contributed by atoms with E-state index in [0.29, 0.717) is 17.3 Å². The van der Waals surface area contributed by atoms with Crippen LogP contribution < -0.4 is 14.8 Å². The van der Waals surface area contributed by atoms with Crippen LogP contribution in [0.25, 0.3) is 11.3 Å². The van der Waals surface area contributed by atoms with Gasteiger partial charge in [-0.2, -0.15) is 5.10 Å². The predicted octanol–water partition coefficient (Wildman–Crippen LogP) is 3.01. The quantitative estimate of drug-likeness (QED) is 0.489. The first-order valence-corrected chi connectivity index (χ1v) is 7.92. The molecule has 138 valence electrons. The van der Waals surface area contributed by atoms with Crippen LogP contribution in [0.4, 0.5) is 11.5 Å². The molecule has 0 spiro atoms. The van der Waals surface area contributed by atoms with Gasteiger partial charge < -0.3 is 14.8 Å². The molecule has 2 aromatic carbocycles. The van der Waals surface area contributed by atoms with Gasteiger partial charge in [-0.05, 0) is 18.2 Å². The molecule has 3 aromatic rings. The Morgan fingerprint density at radius 3 is 2.81 bits per heavy atom. The highest BCUT2D eigenvalue weighted by Gasteiger charge is 2.12. The summed E-state index contributed by atoms with van der Waals surface area (Å²) in [5.74, 6) is 0.784. The highest BCUT2D eigenvalue weighted by Crippen LogP contribution is 2.29. The van der Waals surface area contributed by atoms with Crippen molar-refractivity contribution in [2.75, 3.05) is 19.0 Å². The van der Waals surface area contributed by atoms with Gasteiger partial charge in [-0.25, -0.2) is 0 Å². The number of carbonyl (C=O) groups is 1. The first-order chi connectivity index (χ1) is 13.1. The van der Waals surface area contributed by atoms with E-state index in [1.165, 1.54) is 24.3 Å². The summed E-state index contributed by atoms with van der Waals surface area (Å²) in [6, 6.07) is 14.7. The van der Waals surface area contributed by atoms with Gasteiger partial charge in [-0.15, -0.1) is 0 Å². The number of aromatic nitrogens is 2. The van der Waals surface area contributed by atoms with Gasteiger partial charge in [0.1, 0.15) is 11.5 Å². The van der Waals surface area contributed by atoms with Crippen LogP contribution in [-0.2, 0) is 4.79 Å². The Morgan fingerprint density at radius 2 is 2.04 bits per heavy atom. The number of para-hydroxylation sites is 1. The number of rotatable bonds is 7. The van der Waals surface area contributed by atoms with Crippen LogP contribution in [0.2, 0.25) is 0 Å². The van der Waals surface area contributed by atoms with Crippen LogP contribution >= 0.6 is 0 Å². The van der Waals surface area contributed by atoms with Crippen LogP contribution in [0.3, 0.4) is 0 Å². The zero-order valence-electron chi connectivity index (χ0n) is 14.3. The molecule has 0 radical (unpaired) electrons. The molecular weight excluding hydrogens is 352 g/mol. The number of nitrogens with one attached hydrogen (secondary N) is 2. The smallest absolute Gasteiger partial charge is 0.273 e. The summed E-state index contributed by atoms with van der Waals surface area (Å²) in [5.41, 5.74) is 1.38. The molecule has 0 saturated carbocycles. The van der Waals surface area contributed by atoms with Crippen LogP contribution in [-0.4, -0.2) is 34.7 Å². The summed E-state index contributed by atoms with van der Waals surface area (Å²) in [5, 5.41) is 20.2. The van der Waals surface area contributed by atoms with Gasteiger partial charge in [0.25, 0.3) is 11.6 Å². The number of hydrogen-bond donors (Lipinski definition) is 2. The van der Waals surface area contributed by atoms with E-state index in [2.05, 4.69) is 15.5 Å². The number of benzene rings is 2. The van der Waals surface area contributed by atoms with Crippen molar-refractivity contribution in [1.29, 1.82) is 0 Å². The third-order valence-corrected chi connectivity index (χ3v) is 3.64. The van der Waals surface area contributed by atoms with E-state index in [1.807, 2.05) is 24.3 Å². The highest BCUT2D eigenvalue weighted by molar-refractivity contribution is 5.91. The lowest BCUT2D eigenvalue weighted by Crippen LogP contribution is -2.20. The number of nitro benzene ring substituents is 1. The lowest BCUT2D eigenvalue weighted by atomic mass is 10.1. The maximum absolute atomic E-state index is 12.0. The Bertz CT molecular complexity index is 970. The average Bonchev–Trinajstić information content (AvgIpc) is 3.14. The number of hydrogen-bond acceptors (Lipinski definition) is 6. The molecule has 0 bridgehead atoms. The second kappa shape index (κ2) is 8.00. The molecule has 2 N–H and O–H groups in total. The molecule has 0 atom stereocenters. The number of anilines is 1. The SMILES string of the molecule is COc1ccccc1-c1cc(NC(=O)COc2cccc([N+](=O)[O-])c2)n[nH]1. The number of carbonyl (C=O) groups excluding carboxylic acids is 1. The largest absolute Gasteiger partial charge is 0.496 e. The minimum atomic E-state index is -0.532. The van der Waals surface area contributed by atoms with Crippen molar-refractivity contribution in [2.45, 2.75) is 0 Å². The van der Waals surface area contributed by atoms with Gasteiger partial charge in [0, 0.05) is 17.7 Å². The normalized spacial score (nSPS) is 10.3. The molecule has 1 heterocycles. The molecule has 9 nitrogen and oxygen atoms in total. The number of methoxy groups -OCH3 is 1. The van der Waals surface area contributed by atoms with Gasteiger partial charge in [0.2, 0.25) is 0 Å². The molecule has 0 unspecified atom stereocenters. The molecule has 3 rings (SSSR count). The van der Waals surface area contributed by atoms with E-state index in [4.69, 9.17) is 9.47 Å². The maximum Gasteiger partial charge on any atom is 0.273 e. The summed E-state index contributed by atoms with van der Waals surface area (Å²) < 4.78 is 10.6. The number of amides is 1. The van der Waals surface area contributed by atoms with Gasteiger partial charge in [-0.3, -0.25) is 20.0 Å². The first kappa shape index (κ1) is 17.9. The van der Waals surface area contributed by atoms with Crippen molar-refractivity contribution in [3.8, 4) is 22.8 Å². The predicted molar refractivity (Wildman–Crippen MR) is 97.8 cm³/mol. The van der Waals surface area contributed by atoms with Crippen molar-refractivity contribution < 1.29 is 19.2 Å². The molecule has 0 aliphatic carbocycles. The second-order valence-electron chi connectivity index (χ2n) is 5.46. The highest BCUT2D eigenvalue weighted by atomic mass is 16.6. The van der Waals surface area contributed by atoms with Gasteiger partial charge >= 0.3 is 0 Å². The summed E-state index contributed by atoms with van der Waals surface area (Å²) >= 11 is 0. The Hall–Kier alpha value is -3.88. The van der Waals surface area contributed by atoms with Crippen molar-refractivity contribution in [1.82, 2.24) is 10.2 Å². The minimum Gasteiger partial charge on any atom is -0.496 e. The monoisotopic (exact) mass is 368 g/mol. The molecular formula is C18H16N4O5. The van der Waals surface area contributed by atoms with Gasteiger partial charge in [-0.1, -0.05) is 18.2 Å². The van der Waals surface area contributed by atoms with E-state index in [-0.39, 0.29) is 18.0 Å². The number of nitro groups is 1. The van der Waals surface area contributed by atoms with E-state index >= 15 is 0 Å². The molecule has 1 aromatic heterocycles. The van der Waals surface area contributed by atoms with Crippen LogP contribution in [0.1, 0.15) is 0 Å². The van der Waals surface area contributed by atoms with Crippen LogP contribution in [0.15, 0.2) is 54.6 Å². The fourth-order valence-corrected chi connectivity index (χ4v) is 2.41. The third-order valence-electron chi connectivity index (χ3n) is 3.64. The number of non-ortho nitro benzene ring substituents is 1. The Balaban J connectivity index is 1.61. The molecule has 0 saturated heterocycles. The lowest BCUT2D eigenvalue weighted by Gasteiger charge is -2.06.